The van der Waals surface area contributed by atoms with Crippen molar-refractivity contribution in [3.05, 3.63) is 22.7 Å². The van der Waals surface area contributed by atoms with Gasteiger partial charge in [-0.2, -0.15) is 0 Å². The molecule has 2 rings (SSSR count). The zero-order valence-corrected chi connectivity index (χ0v) is 12.0. The minimum Gasteiger partial charge on any atom is -0.495 e. The van der Waals surface area contributed by atoms with E-state index in [4.69, 9.17) is 16.3 Å². The van der Waals surface area contributed by atoms with E-state index >= 15 is 0 Å². The lowest BCUT2D eigenvalue weighted by atomic mass is 9.97. The van der Waals surface area contributed by atoms with Crippen LogP contribution in [0.4, 0.5) is 5.69 Å². The Labute approximate surface area is 118 Å². The van der Waals surface area contributed by atoms with Crippen LogP contribution in [0.3, 0.4) is 0 Å². The van der Waals surface area contributed by atoms with Crippen LogP contribution in [0, 0.1) is 12.8 Å². The van der Waals surface area contributed by atoms with E-state index in [0.29, 0.717) is 16.5 Å². The number of rotatable bonds is 3. The molecule has 0 aromatic heterocycles. The van der Waals surface area contributed by atoms with Crippen LogP contribution < -0.4 is 15.4 Å². The van der Waals surface area contributed by atoms with E-state index < -0.39 is 0 Å². The lowest BCUT2D eigenvalue weighted by Crippen LogP contribution is -2.34. The summed E-state index contributed by atoms with van der Waals surface area (Å²) in [6.07, 6.45) is 1.75. The molecule has 1 aliphatic rings. The fourth-order valence-corrected chi connectivity index (χ4v) is 2.40. The molecule has 0 bridgehead atoms. The summed E-state index contributed by atoms with van der Waals surface area (Å²) in [5, 5.41) is 6.84. The fraction of sp³-hybridized carbons (Fsp3) is 0.500. The maximum atomic E-state index is 12.2. The molecule has 0 unspecified atom stereocenters. The van der Waals surface area contributed by atoms with Gasteiger partial charge in [0.05, 0.1) is 12.8 Å². The number of benzene rings is 1. The van der Waals surface area contributed by atoms with E-state index in [1.54, 1.807) is 13.2 Å². The van der Waals surface area contributed by atoms with Gasteiger partial charge in [0.2, 0.25) is 5.91 Å². The second-order valence-electron chi connectivity index (χ2n) is 4.82. The number of aryl methyl sites for hydroxylation is 1. The molecule has 2 N–H and O–H groups in total. The Morgan fingerprint density at radius 2 is 2.11 bits per heavy atom. The molecular formula is C14H19ClN2O2. The first kappa shape index (κ1) is 14.2. The summed E-state index contributed by atoms with van der Waals surface area (Å²) in [6, 6.07) is 3.58. The van der Waals surface area contributed by atoms with Crippen LogP contribution in [0.25, 0.3) is 0 Å². The minimum absolute atomic E-state index is 0.0570. The zero-order valence-electron chi connectivity index (χ0n) is 11.3. The minimum atomic E-state index is 0.0570. The van der Waals surface area contributed by atoms with Gasteiger partial charge in [0.25, 0.3) is 0 Å². The quantitative estimate of drug-likeness (QED) is 0.896. The van der Waals surface area contributed by atoms with E-state index in [2.05, 4.69) is 10.6 Å². The molecule has 104 valence electrons. The lowest BCUT2D eigenvalue weighted by molar-refractivity contribution is -0.120. The molecular weight excluding hydrogens is 264 g/mol. The molecule has 1 aromatic carbocycles. The van der Waals surface area contributed by atoms with Crippen molar-refractivity contribution in [2.75, 3.05) is 25.5 Å². The van der Waals surface area contributed by atoms with Crippen LogP contribution in [-0.2, 0) is 4.79 Å². The average molecular weight is 283 g/mol. The monoisotopic (exact) mass is 282 g/mol. The van der Waals surface area contributed by atoms with Crippen molar-refractivity contribution in [1.29, 1.82) is 0 Å². The smallest absolute Gasteiger partial charge is 0.227 e. The number of anilines is 1. The number of hydrogen-bond donors (Lipinski definition) is 2. The maximum absolute atomic E-state index is 12.2. The first-order valence-corrected chi connectivity index (χ1v) is 6.85. The molecule has 1 aliphatic heterocycles. The van der Waals surface area contributed by atoms with Crippen LogP contribution in [0.5, 0.6) is 5.75 Å². The molecule has 1 heterocycles. The summed E-state index contributed by atoms with van der Waals surface area (Å²) in [7, 11) is 1.57. The van der Waals surface area contributed by atoms with Gasteiger partial charge in [0, 0.05) is 17.0 Å². The van der Waals surface area contributed by atoms with Crippen LogP contribution in [0.15, 0.2) is 12.1 Å². The summed E-state index contributed by atoms with van der Waals surface area (Å²) in [6.45, 7) is 3.70. The molecule has 0 saturated carbocycles. The van der Waals surface area contributed by atoms with Gasteiger partial charge < -0.3 is 15.4 Å². The van der Waals surface area contributed by atoms with Gasteiger partial charge in [-0.1, -0.05) is 11.6 Å². The van der Waals surface area contributed by atoms with Gasteiger partial charge >= 0.3 is 0 Å². The number of amides is 1. The highest BCUT2D eigenvalue weighted by atomic mass is 35.5. The van der Waals surface area contributed by atoms with Crippen molar-refractivity contribution in [3.8, 4) is 5.75 Å². The predicted octanol–water partition coefficient (Wildman–Crippen LogP) is 2.60. The summed E-state index contributed by atoms with van der Waals surface area (Å²) >= 11 is 6.05. The van der Waals surface area contributed by atoms with Crippen molar-refractivity contribution in [2.24, 2.45) is 5.92 Å². The number of piperidine rings is 1. The van der Waals surface area contributed by atoms with Gasteiger partial charge in [-0.25, -0.2) is 0 Å². The maximum Gasteiger partial charge on any atom is 0.227 e. The Bertz CT molecular complexity index is 471. The third-order valence-corrected chi connectivity index (χ3v) is 3.86. The van der Waals surface area contributed by atoms with Crippen molar-refractivity contribution in [3.63, 3.8) is 0 Å². The summed E-state index contributed by atoms with van der Waals surface area (Å²) < 4.78 is 5.26. The number of carbonyl (C=O) groups is 1. The molecule has 0 aliphatic carbocycles. The second kappa shape index (κ2) is 6.26. The zero-order chi connectivity index (χ0) is 13.8. The number of methoxy groups -OCH3 is 1. The van der Waals surface area contributed by atoms with Crippen molar-refractivity contribution in [1.82, 2.24) is 5.32 Å². The van der Waals surface area contributed by atoms with E-state index in [9.17, 15) is 4.79 Å². The summed E-state index contributed by atoms with van der Waals surface area (Å²) in [5.74, 6) is 0.723. The Hall–Kier alpha value is -1.26. The molecule has 0 spiro atoms. The first-order valence-electron chi connectivity index (χ1n) is 6.47. The Morgan fingerprint density at radius 3 is 2.74 bits per heavy atom. The lowest BCUT2D eigenvalue weighted by Gasteiger charge is -2.22. The van der Waals surface area contributed by atoms with E-state index in [-0.39, 0.29) is 11.8 Å². The Kier molecular flexibility index (Phi) is 4.66. The van der Waals surface area contributed by atoms with Crippen molar-refractivity contribution >= 4 is 23.2 Å². The van der Waals surface area contributed by atoms with E-state index in [1.807, 2.05) is 13.0 Å². The molecule has 0 radical (unpaired) electrons. The molecule has 0 atom stereocenters. The average Bonchev–Trinajstić information content (AvgIpc) is 2.43. The molecule has 1 aromatic rings. The SMILES string of the molecule is COc1cc(Cl)c(C)cc1NC(=O)C1CCNCC1. The molecule has 4 nitrogen and oxygen atoms in total. The highest BCUT2D eigenvalue weighted by Gasteiger charge is 2.22. The number of halogens is 1. The molecule has 19 heavy (non-hydrogen) atoms. The largest absolute Gasteiger partial charge is 0.495 e. The van der Waals surface area contributed by atoms with Crippen LogP contribution in [-0.4, -0.2) is 26.1 Å². The third-order valence-electron chi connectivity index (χ3n) is 3.45. The van der Waals surface area contributed by atoms with Gasteiger partial charge in [-0.15, -0.1) is 0 Å². The van der Waals surface area contributed by atoms with Gasteiger partial charge in [0.15, 0.2) is 0 Å². The molecule has 1 saturated heterocycles. The summed E-state index contributed by atoms with van der Waals surface area (Å²) in [4.78, 5) is 12.2. The van der Waals surface area contributed by atoms with Crippen LogP contribution in [0.1, 0.15) is 18.4 Å². The van der Waals surface area contributed by atoms with Crippen molar-refractivity contribution in [2.45, 2.75) is 19.8 Å². The Balaban J connectivity index is 2.13. The standard InChI is InChI=1S/C14H19ClN2O2/c1-9-7-12(13(19-2)8-11(9)15)17-14(18)10-3-5-16-6-4-10/h7-8,10,16H,3-6H2,1-2H3,(H,17,18). The van der Waals surface area contributed by atoms with Crippen molar-refractivity contribution < 1.29 is 9.53 Å². The van der Waals surface area contributed by atoms with Gasteiger partial charge in [-0.05, 0) is 44.5 Å². The fourth-order valence-electron chi connectivity index (χ4n) is 2.25. The number of carbonyl (C=O) groups excluding carboxylic acids is 1. The molecule has 5 heteroatoms. The van der Waals surface area contributed by atoms with Crippen LogP contribution >= 0.6 is 11.6 Å². The highest BCUT2D eigenvalue weighted by molar-refractivity contribution is 6.31. The van der Waals surface area contributed by atoms with Crippen LogP contribution in [0.2, 0.25) is 5.02 Å². The summed E-state index contributed by atoms with van der Waals surface area (Å²) in [5.41, 5.74) is 1.61. The predicted molar refractivity (Wildman–Crippen MR) is 77.0 cm³/mol. The van der Waals surface area contributed by atoms with E-state index in [0.717, 1.165) is 31.5 Å². The van der Waals surface area contributed by atoms with Gasteiger partial charge in [0.1, 0.15) is 5.75 Å². The van der Waals surface area contributed by atoms with E-state index in [1.165, 1.54) is 0 Å². The van der Waals surface area contributed by atoms with Gasteiger partial charge in [-0.3, -0.25) is 4.79 Å². The first-order chi connectivity index (χ1) is 9.11. The number of hydrogen-bond acceptors (Lipinski definition) is 3. The topological polar surface area (TPSA) is 50.4 Å². The number of ether oxygens (including phenoxy) is 1. The molecule has 1 fully saturated rings. The highest BCUT2D eigenvalue weighted by Crippen LogP contribution is 2.31. The Morgan fingerprint density at radius 1 is 1.42 bits per heavy atom. The third kappa shape index (κ3) is 3.39. The number of nitrogens with one attached hydrogen (secondary N) is 2. The normalized spacial score (nSPS) is 16.2. The second-order valence-corrected chi connectivity index (χ2v) is 5.22. The molecule has 1 amide bonds.